The molecule has 0 saturated heterocycles. The first-order chi connectivity index (χ1) is 14.0. The Balaban J connectivity index is 1.56. The van der Waals surface area contributed by atoms with Crippen LogP contribution in [0.25, 0.3) is 11.1 Å². The lowest BCUT2D eigenvalue weighted by Crippen LogP contribution is -2.47. The van der Waals surface area contributed by atoms with Gasteiger partial charge in [-0.1, -0.05) is 48.5 Å². The van der Waals surface area contributed by atoms with Gasteiger partial charge in [-0.15, -0.1) is 0 Å². The van der Waals surface area contributed by atoms with Gasteiger partial charge in [0.25, 0.3) is 0 Å². The minimum Gasteiger partial charge on any atom is -0.426 e. The SMILES string of the molecule is O=C(CCC(=O)c1cccc(-c2ccccc2)c1)N[C@@H](Cc1ccsc1)B(O)O. The fourth-order valence-electron chi connectivity index (χ4n) is 3.05. The second-order valence-corrected chi connectivity index (χ2v) is 7.57. The second-order valence-electron chi connectivity index (χ2n) is 6.79. The number of amides is 1. The number of hydrogen-bond acceptors (Lipinski definition) is 5. The topological polar surface area (TPSA) is 86.6 Å². The van der Waals surface area contributed by atoms with Gasteiger partial charge in [0.2, 0.25) is 5.91 Å². The van der Waals surface area contributed by atoms with Gasteiger partial charge in [0, 0.05) is 18.4 Å². The van der Waals surface area contributed by atoms with Crippen LogP contribution in [0.1, 0.15) is 28.8 Å². The number of benzene rings is 2. The van der Waals surface area contributed by atoms with Crippen molar-refractivity contribution in [1.82, 2.24) is 5.32 Å². The van der Waals surface area contributed by atoms with E-state index in [1.165, 1.54) is 11.3 Å². The van der Waals surface area contributed by atoms with Crippen molar-refractivity contribution >= 4 is 30.1 Å². The molecule has 3 rings (SSSR count). The van der Waals surface area contributed by atoms with Gasteiger partial charge in [-0.25, -0.2) is 0 Å². The lowest BCUT2D eigenvalue weighted by atomic mass is 9.76. The second kappa shape index (κ2) is 10.2. The van der Waals surface area contributed by atoms with Gasteiger partial charge >= 0.3 is 7.12 Å². The van der Waals surface area contributed by atoms with Gasteiger partial charge in [-0.05, 0) is 46.0 Å². The molecule has 0 spiro atoms. The molecule has 3 N–H and O–H groups in total. The van der Waals surface area contributed by atoms with E-state index in [1.54, 1.807) is 6.07 Å². The fraction of sp³-hybridized carbons (Fsp3) is 0.182. The van der Waals surface area contributed by atoms with Gasteiger partial charge in [0.05, 0.1) is 5.94 Å². The highest BCUT2D eigenvalue weighted by Gasteiger charge is 2.25. The molecule has 0 unspecified atom stereocenters. The number of hydrogen-bond donors (Lipinski definition) is 3. The van der Waals surface area contributed by atoms with Crippen molar-refractivity contribution in [2.75, 3.05) is 0 Å². The van der Waals surface area contributed by atoms with Gasteiger partial charge in [-0.3, -0.25) is 9.59 Å². The third kappa shape index (κ3) is 6.12. The summed E-state index contributed by atoms with van der Waals surface area (Å²) in [5, 5.41) is 25.5. The highest BCUT2D eigenvalue weighted by atomic mass is 32.1. The first kappa shape index (κ1) is 21.0. The highest BCUT2D eigenvalue weighted by Crippen LogP contribution is 2.21. The molecule has 1 amide bonds. The molecule has 7 heteroatoms. The average molecular weight is 407 g/mol. The monoisotopic (exact) mass is 407 g/mol. The summed E-state index contributed by atoms with van der Waals surface area (Å²) in [4.78, 5) is 24.8. The van der Waals surface area contributed by atoms with E-state index in [-0.39, 0.29) is 24.5 Å². The Morgan fingerprint density at radius 1 is 0.966 bits per heavy atom. The maximum absolute atomic E-state index is 12.5. The van der Waals surface area contributed by atoms with E-state index in [2.05, 4.69) is 5.32 Å². The van der Waals surface area contributed by atoms with Crippen LogP contribution in [0.5, 0.6) is 0 Å². The van der Waals surface area contributed by atoms with Crippen molar-refractivity contribution in [2.24, 2.45) is 0 Å². The molecule has 1 heterocycles. The standard InChI is InChI=1S/C22H22BNO4S/c25-20(19-8-4-7-18(14-19)17-5-2-1-3-6-17)9-10-22(26)24-21(23(27)28)13-16-11-12-29-15-16/h1-8,11-12,14-15,21,27-28H,9-10,13H2,(H,24,26)/t21-/m0/s1. The number of Topliss-reactive ketones (excluding diaryl/α,β-unsaturated/α-hetero) is 1. The zero-order valence-corrected chi connectivity index (χ0v) is 16.6. The van der Waals surface area contributed by atoms with Crippen molar-refractivity contribution in [1.29, 1.82) is 0 Å². The van der Waals surface area contributed by atoms with Crippen molar-refractivity contribution < 1.29 is 19.6 Å². The summed E-state index contributed by atoms with van der Waals surface area (Å²) in [6.45, 7) is 0. The lowest BCUT2D eigenvalue weighted by molar-refractivity contribution is -0.121. The smallest absolute Gasteiger partial charge is 0.426 e. The Kier molecular flexibility index (Phi) is 7.35. The quantitative estimate of drug-likeness (QED) is 0.376. The van der Waals surface area contributed by atoms with Gasteiger partial charge in [0.15, 0.2) is 5.78 Å². The number of nitrogens with one attached hydrogen (secondary N) is 1. The molecular weight excluding hydrogens is 385 g/mol. The third-order valence-corrected chi connectivity index (χ3v) is 5.34. The predicted octanol–water partition coefficient (Wildman–Crippen LogP) is 3.12. The fourth-order valence-corrected chi connectivity index (χ4v) is 3.73. The normalized spacial score (nSPS) is 11.7. The molecule has 148 valence electrons. The lowest BCUT2D eigenvalue weighted by Gasteiger charge is -2.17. The predicted molar refractivity (Wildman–Crippen MR) is 116 cm³/mol. The minimum absolute atomic E-state index is 0.0126. The number of rotatable bonds is 9. The molecule has 0 saturated carbocycles. The Bertz CT molecular complexity index is 944. The van der Waals surface area contributed by atoms with E-state index < -0.39 is 13.1 Å². The van der Waals surface area contributed by atoms with E-state index in [0.29, 0.717) is 12.0 Å². The van der Waals surface area contributed by atoms with Crippen molar-refractivity contribution in [3.05, 3.63) is 82.6 Å². The largest absolute Gasteiger partial charge is 0.475 e. The maximum atomic E-state index is 12.5. The molecular formula is C22H22BNO4S. The Hall–Kier alpha value is -2.74. The van der Waals surface area contributed by atoms with Crippen LogP contribution in [0.15, 0.2) is 71.4 Å². The minimum atomic E-state index is -1.67. The summed E-state index contributed by atoms with van der Waals surface area (Å²) >= 11 is 1.50. The average Bonchev–Trinajstić information content (AvgIpc) is 3.25. The molecule has 0 aliphatic rings. The highest BCUT2D eigenvalue weighted by molar-refractivity contribution is 7.07. The van der Waals surface area contributed by atoms with E-state index >= 15 is 0 Å². The summed E-state index contributed by atoms with van der Waals surface area (Å²) in [7, 11) is -1.67. The van der Waals surface area contributed by atoms with Crippen LogP contribution in [-0.4, -0.2) is 34.8 Å². The molecule has 1 atom stereocenters. The molecule has 0 aliphatic carbocycles. The van der Waals surface area contributed by atoms with Crippen molar-refractivity contribution in [3.8, 4) is 11.1 Å². The van der Waals surface area contributed by atoms with Gasteiger partial charge < -0.3 is 15.4 Å². The Labute approximate surface area is 174 Å². The molecule has 29 heavy (non-hydrogen) atoms. The first-order valence-corrected chi connectivity index (χ1v) is 10.3. The summed E-state index contributed by atoms with van der Waals surface area (Å²) in [6, 6.07) is 19.0. The van der Waals surface area contributed by atoms with Crippen LogP contribution < -0.4 is 5.32 Å². The summed E-state index contributed by atoms with van der Waals surface area (Å²) in [5.41, 5.74) is 3.44. The molecule has 0 bridgehead atoms. The zero-order valence-electron chi connectivity index (χ0n) is 15.8. The Morgan fingerprint density at radius 3 is 2.41 bits per heavy atom. The number of carbonyl (C=O) groups is 2. The summed E-state index contributed by atoms with van der Waals surface area (Å²) < 4.78 is 0. The van der Waals surface area contributed by atoms with Gasteiger partial charge in [-0.2, -0.15) is 11.3 Å². The molecule has 0 radical (unpaired) electrons. The first-order valence-electron chi connectivity index (χ1n) is 9.38. The third-order valence-electron chi connectivity index (χ3n) is 4.61. The summed E-state index contributed by atoms with van der Waals surface area (Å²) in [5.74, 6) is -1.32. The number of ketones is 1. The van der Waals surface area contributed by atoms with Crippen LogP contribution in [0.2, 0.25) is 0 Å². The van der Waals surface area contributed by atoms with Crippen LogP contribution >= 0.6 is 11.3 Å². The molecule has 1 aromatic heterocycles. The zero-order chi connectivity index (χ0) is 20.6. The number of carbonyl (C=O) groups excluding carboxylic acids is 2. The van der Waals surface area contributed by atoms with Crippen LogP contribution in [0, 0.1) is 0 Å². The van der Waals surface area contributed by atoms with Gasteiger partial charge in [0.1, 0.15) is 0 Å². The van der Waals surface area contributed by atoms with E-state index in [1.807, 2.05) is 65.4 Å². The molecule has 2 aromatic carbocycles. The molecule has 0 aliphatic heterocycles. The van der Waals surface area contributed by atoms with E-state index in [0.717, 1.165) is 16.7 Å². The maximum Gasteiger partial charge on any atom is 0.475 e. The van der Waals surface area contributed by atoms with Crippen LogP contribution in [0.4, 0.5) is 0 Å². The van der Waals surface area contributed by atoms with Crippen LogP contribution in [-0.2, 0) is 11.2 Å². The van der Waals surface area contributed by atoms with E-state index in [4.69, 9.17) is 0 Å². The van der Waals surface area contributed by atoms with Crippen LogP contribution in [0.3, 0.4) is 0 Å². The number of thiophene rings is 1. The molecule has 0 fully saturated rings. The van der Waals surface area contributed by atoms with E-state index in [9.17, 15) is 19.6 Å². The molecule has 3 aromatic rings. The summed E-state index contributed by atoms with van der Waals surface area (Å²) in [6.07, 6.45) is 0.359. The van der Waals surface area contributed by atoms with Crippen molar-refractivity contribution in [2.45, 2.75) is 25.2 Å². The molecule has 5 nitrogen and oxygen atoms in total. The van der Waals surface area contributed by atoms with Crippen molar-refractivity contribution in [3.63, 3.8) is 0 Å². The Morgan fingerprint density at radius 2 is 1.72 bits per heavy atom.